The number of aromatic amines is 1. The minimum atomic E-state index is -0.480. The summed E-state index contributed by atoms with van der Waals surface area (Å²) in [7, 11) is 1.51. The van der Waals surface area contributed by atoms with E-state index in [4.69, 9.17) is 15.1 Å². The molecular weight excluding hydrogens is 673 g/mol. The molecule has 0 saturated heterocycles. The van der Waals surface area contributed by atoms with Crippen LogP contribution in [0.5, 0.6) is 11.5 Å². The van der Waals surface area contributed by atoms with Gasteiger partial charge in [-0.2, -0.15) is 0 Å². The van der Waals surface area contributed by atoms with E-state index in [1.807, 2.05) is 30.3 Å². The molecule has 13 heteroatoms. The number of anilines is 1. The second-order valence-corrected chi connectivity index (χ2v) is 8.99. The zero-order valence-corrected chi connectivity index (χ0v) is 25.3. The van der Waals surface area contributed by atoms with Gasteiger partial charge in [0.05, 0.1) is 53.1 Å². The Morgan fingerprint density at radius 2 is 1.70 bits per heavy atom. The van der Waals surface area contributed by atoms with Crippen molar-refractivity contribution in [1.29, 1.82) is 0 Å². The van der Waals surface area contributed by atoms with Gasteiger partial charge in [-0.3, -0.25) is 29.9 Å². The van der Waals surface area contributed by atoms with Crippen molar-refractivity contribution in [1.82, 2.24) is 20.3 Å². The van der Waals surface area contributed by atoms with E-state index in [-0.39, 0.29) is 48.8 Å². The molecule has 11 nitrogen and oxygen atoms in total. The molecule has 2 amide bonds. The number of H-pyrrole nitrogens is 1. The van der Waals surface area contributed by atoms with Crippen molar-refractivity contribution in [2.75, 3.05) is 12.8 Å². The Bertz CT molecular complexity index is 2050. The number of rotatable bonds is 3. The first-order valence-electron chi connectivity index (χ1n) is 12.4. The van der Waals surface area contributed by atoms with Crippen LogP contribution < -0.4 is 33.3 Å². The average Bonchev–Trinajstić information content (AvgIpc) is 3.53. The fraction of sp³-hybridized carbons (Fsp3) is 0.0323. The number of amides is 2. The smallest absolute Gasteiger partial charge is 1.00 e. The van der Waals surface area contributed by atoms with Crippen molar-refractivity contribution in [2.24, 2.45) is 4.99 Å². The number of carbonyl (C=O) groups excluding carboxylic acids is 2. The number of methoxy groups -OCH3 is 1. The number of aliphatic imine (C=N–C) groups is 1. The van der Waals surface area contributed by atoms with Gasteiger partial charge in [-0.05, 0) is 36.4 Å². The van der Waals surface area contributed by atoms with Gasteiger partial charge in [0.1, 0.15) is 5.75 Å². The van der Waals surface area contributed by atoms with Crippen molar-refractivity contribution < 1.29 is 56.0 Å². The second-order valence-electron chi connectivity index (χ2n) is 8.99. The topological polar surface area (TPSA) is 178 Å². The number of nitrogens with one attached hydrogen (secondary N) is 2. The van der Waals surface area contributed by atoms with Gasteiger partial charge in [-0.25, -0.2) is 0 Å². The van der Waals surface area contributed by atoms with E-state index >= 15 is 0 Å². The van der Waals surface area contributed by atoms with Crippen LogP contribution in [0.2, 0.25) is 0 Å². The fourth-order valence-electron chi connectivity index (χ4n) is 4.70. The van der Waals surface area contributed by atoms with Crippen molar-refractivity contribution >= 4 is 62.1 Å². The van der Waals surface area contributed by atoms with Crippen molar-refractivity contribution in [3.05, 3.63) is 103 Å². The monoisotopic (exact) mass is 694 g/mol. The standard InChI is InChI=1S/C18H11N3O4.C12H11N3.CO.ClH.Ru/c1-25-8-5-10-13-14(18(24)21-17(13)23)12-9-4-7(22)2-3-11(9)20-16(12)15(10)19-6-8;13-10-6-7-14-12(8-10)9-15-11-4-2-1-3-5-11;1-2;;/h2-6,20,22H,1H3,(H,21,23,24);1-9H,(H2,13,14);;1H;/q;;;;+2/p-2. The largest absolute Gasteiger partial charge is 2.00 e. The Morgan fingerprint density at radius 1 is 0.977 bits per heavy atom. The summed E-state index contributed by atoms with van der Waals surface area (Å²) in [5.74, 6) is -0.643. The van der Waals surface area contributed by atoms with Crippen LogP contribution in [0.25, 0.3) is 32.7 Å². The van der Waals surface area contributed by atoms with Crippen LogP contribution in [0.15, 0.2) is 84.1 Å². The van der Waals surface area contributed by atoms with Crippen LogP contribution in [0.3, 0.4) is 0 Å². The first-order chi connectivity index (χ1) is 20.4. The molecule has 0 fully saturated rings. The first kappa shape index (κ1) is 33.4. The number of fused-ring (bicyclic) bond motifs is 8. The molecule has 0 atom stereocenters. The Labute approximate surface area is 269 Å². The van der Waals surface area contributed by atoms with Crippen LogP contribution in [0.4, 0.5) is 11.4 Å². The van der Waals surface area contributed by atoms with E-state index in [9.17, 15) is 14.7 Å². The number of hydrogen-bond donors (Lipinski definition) is 3. The minimum absolute atomic E-state index is 0. The van der Waals surface area contributed by atoms with Gasteiger partial charge in [0.15, 0.2) is 0 Å². The van der Waals surface area contributed by atoms with Gasteiger partial charge in [-0.1, -0.05) is 30.3 Å². The molecule has 3 aromatic heterocycles. The van der Waals surface area contributed by atoms with Crippen LogP contribution >= 0.6 is 0 Å². The zero-order valence-electron chi connectivity index (χ0n) is 22.8. The molecular formula is C31H21ClN6O5Ru. The molecule has 0 spiro atoms. The summed E-state index contributed by atoms with van der Waals surface area (Å²) < 4.78 is 12.7. The van der Waals surface area contributed by atoms with E-state index < -0.39 is 11.8 Å². The number of ether oxygens (including phenoxy) is 1. The summed E-state index contributed by atoms with van der Waals surface area (Å²) in [6.07, 6.45) is 4.92. The van der Waals surface area contributed by atoms with Crippen molar-refractivity contribution in [3.8, 4) is 11.5 Å². The van der Waals surface area contributed by atoms with E-state index in [1.165, 1.54) is 19.2 Å². The van der Waals surface area contributed by atoms with Crippen molar-refractivity contribution in [3.63, 3.8) is 0 Å². The van der Waals surface area contributed by atoms with E-state index in [0.717, 1.165) is 11.4 Å². The molecule has 1 aliphatic rings. The second kappa shape index (κ2) is 14.4. The van der Waals surface area contributed by atoms with Gasteiger partial charge in [0.25, 0.3) is 11.8 Å². The van der Waals surface area contributed by atoms with Crippen LogP contribution in [0, 0.1) is 6.65 Å². The number of carbonyl (C=O) groups is 2. The molecule has 7 rings (SSSR count). The third-order valence-corrected chi connectivity index (χ3v) is 6.46. The Kier molecular flexibility index (Phi) is 10.9. The summed E-state index contributed by atoms with van der Waals surface area (Å²) in [6.45, 7) is 4.50. The minimum Gasteiger partial charge on any atom is -1.00 e. The van der Waals surface area contributed by atoms with E-state index in [2.05, 4.69) is 31.9 Å². The number of benzene rings is 3. The Hall–Kier alpha value is -5.12. The molecule has 0 aliphatic carbocycles. The predicted molar refractivity (Wildman–Crippen MR) is 155 cm³/mol. The number of pyridine rings is 2. The van der Waals surface area contributed by atoms with Crippen LogP contribution in [-0.2, 0) is 24.1 Å². The number of nitrogen functional groups attached to an aromatic ring is 1. The number of halogens is 1. The Balaban J connectivity index is 0.000000242. The fourth-order valence-corrected chi connectivity index (χ4v) is 4.70. The van der Waals surface area contributed by atoms with Gasteiger partial charge in [0.2, 0.25) is 0 Å². The zero-order chi connectivity index (χ0) is 29.8. The third-order valence-electron chi connectivity index (χ3n) is 6.46. The molecule has 0 radical (unpaired) electrons. The maximum Gasteiger partial charge on any atom is 2.00 e. The number of aromatic nitrogens is 3. The van der Waals surface area contributed by atoms with Crippen LogP contribution in [0.1, 0.15) is 26.4 Å². The normalized spacial score (nSPS) is 11.4. The maximum absolute atomic E-state index is 12.4. The molecule has 6 aromatic rings. The molecule has 1 aliphatic heterocycles. The summed E-state index contributed by atoms with van der Waals surface area (Å²) in [5, 5.41) is 15.8. The maximum atomic E-state index is 12.4. The molecule has 0 saturated carbocycles. The number of nitrogens with zero attached hydrogens (tertiary/aromatic N) is 3. The number of nitrogens with two attached hydrogens (primary N) is 1. The molecule has 0 unspecified atom stereocenters. The third kappa shape index (κ3) is 6.44. The van der Waals surface area contributed by atoms with Crippen LogP contribution in [-0.4, -0.2) is 40.1 Å². The molecule has 4 heterocycles. The molecule has 3 aromatic carbocycles. The van der Waals surface area contributed by atoms with Gasteiger partial charge in [-0.15, -0.1) is 5.75 Å². The molecule has 0 bridgehead atoms. The SMILES string of the molecule is COc1cnc2c(c1)c1c(c3c4cc([O-])ccc4[nH]c23)C(=O)NC1=O.Nc1ccnc(C=Nc2ccccc2)c1.[C-]#[O+].[Cl-].[Ru+2]. The summed E-state index contributed by atoms with van der Waals surface area (Å²) in [6, 6.07) is 19.5. The molecule has 4 N–H and O–H groups in total. The van der Waals surface area contributed by atoms with Gasteiger partial charge in [0, 0.05) is 33.6 Å². The van der Waals surface area contributed by atoms with E-state index in [0.29, 0.717) is 44.1 Å². The average molecular weight is 694 g/mol. The summed E-state index contributed by atoms with van der Waals surface area (Å²) in [5.41, 5.74) is 10.4. The summed E-state index contributed by atoms with van der Waals surface area (Å²) in [4.78, 5) is 40.9. The van der Waals surface area contributed by atoms with E-state index in [1.54, 1.807) is 42.9 Å². The van der Waals surface area contributed by atoms with Gasteiger partial charge >= 0.3 is 30.8 Å². The number of imide groups is 1. The number of hydrogen-bond acceptors (Lipinski definition) is 8. The number of para-hydroxylation sites is 1. The van der Waals surface area contributed by atoms with Gasteiger partial charge < -0.3 is 33.0 Å². The predicted octanol–water partition coefficient (Wildman–Crippen LogP) is 1.21. The quantitative estimate of drug-likeness (QED) is 0.0820. The first-order valence-corrected chi connectivity index (χ1v) is 12.4. The Morgan fingerprint density at radius 3 is 2.41 bits per heavy atom. The molecule has 220 valence electrons. The molecule has 44 heavy (non-hydrogen) atoms. The van der Waals surface area contributed by atoms with Crippen molar-refractivity contribution in [2.45, 2.75) is 0 Å². The summed E-state index contributed by atoms with van der Waals surface area (Å²) >= 11 is 0.